The van der Waals surface area contributed by atoms with Crippen molar-refractivity contribution >= 4 is 17.4 Å². The molecule has 0 radical (unpaired) electrons. The van der Waals surface area contributed by atoms with Gasteiger partial charge in [0.25, 0.3) is 0 Å². The monoisotopic (exact) mass is 252 g/mol. The highest BCUT2D eigenvalue weighted by molar-refractivity contribution is 6.77. The summed E-state index contributed by atoms with van der Waals surface area (Å²) in [5.41, 5.74) is 0. The van der Waals surface area contributed by atoms with Crippen molar-refractivity contribution in [2.45, 2.75) is 39.9 Å². The van der Waals surface area contributed by atoms with Crippen molar-refractivity contribution in [3.8, 4) is 0 Å². The van der Waals surface area contributed by atoms with Crippen LogP contribution in [0.5, 0.6) is 0 Å². The minimum Gasteiger partial charge on any atom is -0.395 e. The first-order chi connectivity index (χ1) is 6.95. The van der Waals surface area contributed by atoms with Crippen LogP contribution in [0.25, 0.3) is 0 Å². The largest absolute Gasteiger partial charge is 0.488 e. The molecule has 0 fully saturated rings. The number of hydrogen-bond donors (Lipinski definition) is 0. The van der Waals surface area contributed by atoms with E-state index in [1.807, 2.05) is 20.4 Å². The fourth-order valence-electron chi connectivity index (χ4n) is 1.29. The highest BCUT2D eigenvalue weighted by atomic mass is 28.5. The molecule has 0 aliphatic carbocycles. The third-order valence-electron chi connectivity index (χ3n) is 2.27. The average molecular weight is 252 g/mol. The van der Waals surface area contributed by atoms with Crippen molar-refractivity contribution in [3.63, 3.8) is 0 Å². The maximum Gasteiger partial charge on any atom is 0.488 e. The summed E-state index contributed by atoms with van der Waals surface area (Å²) >= 11 is 0. The quantitative estimate of drug-likeness (QED) is 0.622. The van der Waals surface area contributed by atoms with Gasteiger partial charge in [0.15, 0.2) is 0 Å². The van der Waals surface area contributed by atoms with Crippen molar-refractivity contribution in [2.75, 3.05) is 20.3 Å². The van der Waals surface area contributed by atoms with E-state index in [2.05, 4.69) is 13.5 Å². The predicted molar refractivity (Wildman–Crippen MR) is 65.1 cm³/mol. The summed E-state index contributed by atoms with van der Waals surface area (Å²) in [6.07, 6.45) is 0. The van der Waals surface area contributed by atoms with Gasteiger partial charge in [-0.15, -0.1) is 0 Å². The van der Waals surface area contributed by atoms with Gasteiger partial charge < -0.3 is 17.4 Å². The Morgan fingerprint density at radius 3 is 1.80 bits per heavy atom. The molecule has 0 saturated carbocycles. The lowest BCUT2D eigenvalue weighted by Crippen LogP contribution is -2.53. The van der Waals surface area contributed by atoms with Crippen LogP contribution in [0.3, 0.4) is 0 Å². The first-order valence-electron chi connectivity index (χ1n) is 5.48. The molecule has 6 heteroatoms. The van der Waals surface area contributed by atoms with Crippen LogP contribution in [0.15, 0.2) is 0 Å². The third kappa shape index (κ3) is 5.23. The second-order valence-electron chi connectivity index (χ2n) is 3.52. The maximum atomic E-state index is 6.02. The summed E-state index contributed by atoms with van der Waals surface area (Å²) in [7, 11) is -2.95. The van der Waals surface area contributed by atoms with Crippen LogP contribution in [0.1, 0.15) is 20.8 Å². The average Bonchev–Trinajstić information content (AvgIpc) is 2.18. The van der Waals surface area contributed by atoms with Gasteiger partial charge in [-0.05, 0) is 26.4 Å². The molecule has 0 N–H and O–H groups in total. The lowest BCUT2D eigenvalue weighted by atomic mass is 10.9. The Morgan fingerprint density at radius 2 is 1.47 bits per heavy atom. The predicted octanol–water partition coefficient (Wildman–Crippen LogP) is 2.38. The molecule has 2 unspecified atom stereocenters. The van der Waals surface area contributed by atoms with Gasteiger partial charge in [0.1, 0.15) is 0 Å². The zero-order chi connectivity index (χ0) is 11.9. The summed E-state index contributed by atoms with van der Waals surface area (Å²) in [6.45, 7) is 11.3. The van der Waals surface area contributed by atoms with Gasteiger partial charge in [-0.3, -0.25) is 0 Å². The molecule has 92 valence electrons. The third-order valence-corrected chi connectivity index (χ3v) is 9.22. The van der Waals surface area contributed by atoms with Crippen molar-refractivity contribution in [1.82, 2.24) is 0 Å². The van der Waals surface area contributed by atoms with E-state index >= 15 is 0 Å². The normalized spacial score (nSPS) is 19.6. The fraction of sp³-hybridized carbons (Fsp3) is 1.00. The Bertz CT molecular complexity index is 163. The molecule has 0 aliphatic heterocycles. The summed E-state index contributed by atoms with van der Waals surface area (Å²) < 4.78 is 22.7. The van der Waals surface area contributed by atoms with Crippen LogP contribution in [0, 0.1) is 0 Å². The lowest BCUT2D eigenvalue weighted by Gasteiger charge is -2.34. The summed E-state index contributed by atoms with van der Waals surface area (Å²) in [6, 6.07) is 0.903. The van der Waals surface area contributed by atoms with Crippen molar-refractivity contribution < 1.29 is 17.4 Å². The Hall–Kier alpha value is 0.274. The van der Waals surface area contributed by atoms with Crippen molar-refractivity contribution in [1.29, 1.82) is 0 Å². The molecule has 0 aromatic rings. The van der Waals surface area contributed by atoms with Gasteiger partial charge in [-0.1, -0.05) is 6.92 Å². The van der Waals surface area contributed by atoms with Gasteiger partial charge in [-0.25, -0.2) is 0 Å². The Morgan fingerprint density at radius 1 is 0.933 bits per heavy atom. The highest BCUT2D eigenvalue weighted by Crippen LogP contribution is 2.20. The minimum absolute atomic E-state index is 0.608. The van der Waals surface area contributed by atoms with E-state index in [0.717, 1.165) is 6.04 Å². The van der Waals surface area contributed by atoms with Gasteiger partial charge in [0.05, 0.1) is 0 Å². The fourth-order valence-corrected chi connectivity index (χ4v) is 7.27. The molecule has 0 aromatic heterocycles. The highest BCUT2D eigenvalue weighted by Gasteiger charge is 2.43. The minimum atomic E-state index is -2.48. The second kappa shape index (κ2) is 6.77. The molecule has 0 aromatic carbocycles. The molecule has 0 aliphatic rings. The Labute approximate surface area is 95.5 Å². The van der Waals surface area contributed by atoms with Gasteiger partial charge >= 0.3 is 17.4 Å². The molecular weight excluding hydrogens is 228 g/mol. The van der Waals surface area contributed by atoms with E-state index < -0.39 is 17.4 Å². The molecule has 0 rings (SSSR count). The lowest BCUT2D eigenvalue weighted by molar-refractivity contribution is 0.119. The first kappa shape index (κ1) is 15.3. The molecule has 0 bridgehead atoms. The second-order valence-corrected chi connectivity index (χ2v) is 10.0. The van der Waals surface area contributed by atoms with E-state index in [0.29, 0.717) is 13.2 Å². The summed E-state index contributed by atoms with van der Waals surface area (Å²) in [4.78, 5) is 0. The number of rotatable bonds is 8. The molecular formula is C9H24O4Si2. The van der Waals surface area contributed by atoms with Crippen LogP contribution < -0.4 is 0 Å². The zero-order valence-corrected chi connectivity index (χ0v) is 12.8. The molecule has 0 amide bonds. The van der Waals surface area contributed by atoms with Gasteiger partial charge in [0.2, 0.25) is 0 Å². The van der Waals surface area contributed by atoms with E-state index in [4.69, 9.17) is 17.4 Å². The van der Waals surface area contributed by atoms with Crippen LogP contribution in [-0.2, 0) is 17.4 Å². The first-order valence-corrected chi connectivity index (χ1v) is 10.2. The van der Waals surface area contributed by atoms with Gasteiger partial charge in [-0.2, -0.15) is 0 Å². The van der Waals surface area contributed by atoms with Crippen LogP contribution in [0.2, 0.25) is 19.1 Å². The SMILES string of the molecule is CCO[Si](C)(CC)O[Si](C)(OC)OCC. The molecule has 2 atom stereocenters. The van der Waals surface area contributed by atoms with Crippen LogP contribution in [0.4, 0.5) is 0 Å². The van der Waals surface area contributed by atoms with E-state index in [-0.39, 0.29) is 0 Å². The van der Waals surface area contributed by atoms with Gasteiger partial charge in [0, 0.05) is 26.9 Å². The van der Waals surface area contributed by atoms with Crippen LogP contribution >= 0.6 is 0 Å². The van der Waals surface area contributed by atoms with Crippen molar-refractivity contribution in [2.24, 2.45) is 0 Å². The van der Waals surface area contributed by atoms with E-state index in [1.165, 1.54) is 0 Å². The Balaban J connectivity index is 4.47. The Kier molecular flexibility index (Phi) is 6.89. The number of hydrogen-bond acceptors (Lipinski definition) is 4. The zero-order valence-electron chi connectivity index (χ0n) is 10.8. The molecule has 0 heterocycles. The topological polar surface area (TPSA) is 36.9 Å². The van der Waals surface area contributed by atoms with Crippen LogP contribution in [-0.4, -0.2) is 37.7 Å². The molecule has 4 nitrogen and oxygen atoms in total. The van der Waals surface area contributed by atoms with E-state index in [9.17, 15) is 0 Å². The summed E-state index contributed by atoms with van der Waals surface area (Å²) in [5, 5.41) is 0. The molecule has 0 spiro atoms. The summed E-state index contributed by atoms with van der Waals surface area (Å²) in [5.74, 6) is 0. The van der Waals surface area contributed by atoms with Crippen molar-refractivity contribution in [3.05, 3.63) is 0 Å². The smallest absolute Gasteiger partial charge is 0.395 e. The maximum absolute atomic E-state index is 6.02. The van der Waals surface area contributed by atoms with E-state index in [1.54, 1.807) is 7.11 Å². The standard InChI is InChI=1S/C9H24O4Si2/c1-7-11-14(5,9-3)13-15(6,10-4)12-8-2/h7-9H2,1-6H3. The molecule has 15 heavy (non-hydrogen) atoms. The molecule has 0 saturated heterocycles.